The van der Waals surface area contributed by atoms with E-state index < -0.39 is 5.82 Å². The Labute approximate surface area is 187 Å². The Morgan fingerprint density at radius 1 is 1.16 bits per heavy atom. The summed E-state index contributed by atoms with van der Waals surface area (Å²) in [7, 11) is 0. The number of fused-ring (bicyclic) bond motifs is 1. The highest BCUT2D eigenvalue weighted by atomic mass is 32.1. The summed E-state index contributed by atoms with van der Waals surface area (Å²) in [5.74, 6) is -1.15. The highest BCUT2D eigenvalue weighted by Gasteiger charge is 2.20. The van der Waals surface area contributed by atoms with Gasteiger partial charge in [-0.25, -0.2) is 14.4 Å². The molecule has 31 heavy (non-hydrogen) atoms. The number of nitrogens with zero attached hydrogens (tertiary/aromatic N) is 3. The number of hydrogen-bond donors (Lipinski definition) is 1. The number of benzene rings is 1. The predicted molar refractivity (Wildman–Crippen MR) is 122 cm³/mol. The molecular formula is C22H21FN4O2S2. The molecule has 0 fully saturated rings. The van der Waals surface area contributed by atoms with Crippen molar-refractivity contribution in [3.63, 3.8) is 0 Å². The molecule has 1 aromatic carbocycles. The Bertz CT molecular complexity index is 1110. The summed E-state index contributed by atoms with van der Waals surface area (Å²) < 4.78 is 14.2. The number of halogens is 1. The van der Waals surface area contributed by atoms with E-state index >= 15 is 0 Å². The van der Waals surface area contributed by atoms with Crippen molar-refractivity contribution in [2.75, 3.05) is 10.2 Å². The van der Waals surface area contributed by atoms with E-state index in [4.69, 9.17) is 0 Å². The molecule has 1 N–H and O–H groups in total. The molecule has 3 aromatic rings. The van der Waals surface area contributed by atoms with Crippen LogP contribution in [-0.4, -0.2) is 21.8 Å². The zero-order chi connectivity index (χ0) is 21.8. The molecule has 0 spiro atoms. The number of anilines is 3. The van der Waals surface area contributed by atoms with Crippen LogP contribution in [0.15, 0.2) is 35.7 Å². The molecule has 0 saturated carbocycles. The van der Waals surface area contributed by atoms with Gasteiger partial charge in [0.2, 0.25) is 11.8 Å². The van der Waals surface area contributed by atoms with E-state index in [1.807, 2.05) is 0 Å². The molecule has 0 unspecified atom stereocenters. The van der Waals surface area contributed by atoms with Gasteiger partial charge in [0.1, 0.15) is 5.82 Å². The first-order chi connectivity index (χ1) is 15.0. The van der Waals surface area contributed by atoms with Crippen LogP contribution in [0.4, 0.5) is 20.3 Å². The SMILES string of the molecule is CC(=O)N(c1nc(/C=C/C(=O)Nc2nc3c(s2)CCCCC3)cs1)c1ccccc1F. The van der Waals surface area contributed by atoms with E-state index in [1.165, 1.54) is 70.4 Å². The van der Waals surface area contributed by atoms with E-state index in [1.54, 1.807) is 23.6 Å². The summed E-state index contributed by atoms with van der Waals surface area (Å²) >= 11 is 2.74. The molecule has 0 radical (unpaired) electrons. The normalized spacial score (nSPS) is 13.6. The lowest BCUT2D eigenvalue weighted by molar-refractivity contribution is -0.116. The van der Waals surface area contributed by atoms with Crippen LogP contribution < -0.4 is 10.2 Å². The quantitative estimate of drug-likeness (QED) is 0.415. The van der Waals surface area contributed by atoms with Gasteiger partial charge < -0.3 is 0 Å². The number of amides is 2. The van der Waals surface area contributed by atoms with Crippen LogP contribution in [-0.2, 0) is 22.4 Å². The number of carbonyl (C=O) groups is 2. The number of aromatic nitrogens is 2. The highest BCUT2D eigenvalue weighted by Crippen LogP contribution is 2.31. The molecule has 0 bridgehead atoms. The molecule has 2 amide bonds. The van der Waals surface area contributed by atoms with Crippen molar-refractivity contribution in [3.8, 4) is 0 Å². The van der Waals surface area contributed by atoms with Gasteiger partial charge in [0.05, 0.1) is 17.1 Å². The Kier molecular flexibility index (Phi) is 6.53. The molecule has 0 atom stereocenters. The van der Waals surface area contributed by atoms with Crippen LogP contribution in [0.3, 0.4) is 0 Å². The van der Waals surface area contributed by atoms with Gasteiger partial charge >= 0.3 is 0 Å². The van der Waals surface area contributed by atoms with Crippen LogP contribution in [0.25, 0.3) is 6.08 Å². The van der Waals surface area contributed by atoms with Crippen LogP contribution in [0, 0.1) is 5.82 Å². The highest BCUT2D eigenvalue weighted by molar-refractivity contribution is 7.16. The van der Waals surface area contributed by atoms with Crippen molar-refractivity contribution in [1.82, 2.24) is 9.97 Å². The van der Waals surface area contributed by atoms with E-state index in [0.29, 0.717) is 16.0 Å². The number of para-hydroxylation sites is 1. The Hall–Kier alpha value is -2.91. The third kappa shape index (κ3) is 5.05. The van der Waals surface area contributed by atoms with Gasteiger partial charge in [0, 0.05) is 23.3 Å². The van der Waals surface area contributed by atoms with E-state index in [0.717, 1.165) is 25.0 Å². The Morgan fingerprint density at radius 3 is 2.77 bits per heavy atom. The molecule has 6 nitrogen and oxygen atoms in total. The summed E-state index contributed by atoms with van der Waals surface area (Å²) in [4.78, 5) is 35.8. The van der Waals surface area contributed by atoms with Gasteiger partial charge in [-0.3, -0.25) is 19.8 Å². The number of aryl methyl sites for hydroxylation is 2. The zero-order valence-electron chi connectivity index (χ0n) is 16.9. The Morgan fingerprint density at radius 2 is 1.97 bits per heavy atom. The molecule has 1 aliphatic rings. The third-order valence-corrected chi connectivity index (χ3v) is 6.76. The molecular weight excluding hydrogens is 435 g/mol. The molecule has 2 heterocycles. The van der Waals surface area contributed by atoms with Gasteiger partial charge in [-0.1, -0.05) is 18.6 Å². The summed E-state index contributed by atoms with van der Waals surface area (Å²) in [5, 5.41) is 5.47. The van der Waals surface area contributed by atoms with Gasteiger partial charge in [-0.2, -0.15) is 0 Å². The minimum absolute atomic E-state index is 0.140. The van der Waals surface area contributed by atoms with Crippen molar-refractivity contribution in [2.24, 2.45) is 0 Å². The van der Waals surface area contributed by atoms with Crippen molar-refractivity contribution in [1.29, 1.82) is 0 Å². The summed E-state index contributed by atoms with van der Waals surface area (Å²) in [6, 6.07) is 6.04. The first-order valence-corrected chi connectivity index (χ1v) is 11.7. The topological polar surface area (TPSA) is 75.2 Å². The Balaban J connectivity index is 1.45. The fourth-order valence-electron chi connectivity index (χ4n) is 3.39. The van der Waals surface area contributed by atoms with Crippen molar-refractivity contribution < 1.29 is 14.0 Å². The van der Waals surface area contributed by atoms with Crippen LogP contribution in [0.1, 0.15) is 42.5 Å². The second kappa shape index (κ2) is 9.49. The van der Waals surface area contributed by atoms with Gasteiger partial charge in [0.15, 0.2) is 10.3 Å². The first-order valence-electron chi connectivity index (χ1n) is 9.99. The largest absolute Gasteiger partial charge is 0.298 e. The standard InChI is InChI=1S/C22H21FN4O2S2/c1-14(28)27(18-9-6-5-7-16(18)23)22-24-15(13-30-22)11-12-20(29)26-21-25-17-8-3-2-4-10-19(17)31-21/h5-7,9,11-13H,2-4,8,10H2,1H3,(H,25,26,29)/b12-11+. The second-order valence-corrected chi connectivity index (χ2v) is 9.05. The maximum Gasteiger partial charge on any atom is 0.250 e. The van der Waals surface area contributed by atoms with E-state index in [2.05, 4.69) is 15.3 Å². The van der Waals surface area contributed by atoms with Crippen LogP contribution >= 0.6 is 22.7 Å². The zero-order valence-corrected chi connectivity index (χ0v) is 18.6. The lowest BCUT2D eigenvalue weighted by Crippen LogP contribution is -2.23. The number of nitrogens with one attached hydrogen (secondary N) is 1. The van der Waals surface area contributed by atoms with Crippen LogP contribution in [0.5, 0.6) is 0 Å². The average Bonchev–Trinajstić information content (AvgIpc) is 3.29. The third-order valence-electron chi connectivity index (χ3n) is 4.84. The smallest absolute Gasteiger partial charge is 0.250 e. The summed E-state index contributed by atoms with van der Waals surface area (Å²) in [6.07, 6.45) is 8.46. The summed E-state index contributed by atoms with van der Waals surface area (Å²) in [6.45, 7) is 1.35. The van der Waals surface area contributed by atoms with E-state index in [9.17, 15) is 14.0 Å². The number of thiazole rings is 2. The molecule has 160 valence electrons. The van der Waals surface area contributed by atoms with Crippen molar-refractivity contribution >= 4 is 56.5 Å². The van der Waals surface area contributed by atoms with Crippen molar-refractivity contribution in [2.45, 2.75) is 39.0 Å². The van der Waals surface area contributed by atoms with E-state index in [-0.39, 0.29) is 17.5 Å². The molecule has 1 aliphatic carbocycles. The number of carbonyl (C=O) groups excluding carboxylic acids is 2. The lowest BCUT2D eigenvalue weighted by Gasteiger charge is -2.18. The molecule has 0 saturated heterocycles. The maximum atomic E-state index is 14.2. The maximum absolute atomic E-state index is 14.2. The van der Waals surface area contributed by atoms with Gasteiger partial charge in [0.25, 0.3) is 0 Å². The summed E-state index contributed by atoms with van der Waals surface area (Å²) in [5.41, 5.74) is 1.75. The molecule has 9 heteroatoms. The first kappa shape index (κ1) is 21.3. The molecule has 2 aromatic heterocycles. The second-order valence-electron chi connectivity index (χ2n) is 7.13. The average molecular weight is 457 g/mol. The van der Waals surface area contributed by atoms with Gasteiger partial charge in [-0.15, -0.1) is 22.7 Å². The predicted octanol–water partition coefficient (Wildman–Crippen LogP) is 5.34. The van der Waals surface area contributed by atoms with Crippen molar-refractivity contribution in [3.05, 3.63) is 57.8 Å². The fourth-order valence-corrected chi connectivity index (χ4v) is 5.29. The van der Waals surface area contributed by atoms with Gasteiger partial charge in [-0.05, 0) is 43.9 Å². The minimum Gasteiger partial charge on any atom is -0.298 e. The number of hydrogen-bond acceptors (Lipinski definition) is 6. The molecule has 0 aliphatic heterocycles. The fraction of sp³-hybridized carbons (Fsp3) is 0.273. The lowest BCUT2D eigenvalue weighted by atomic mass is 10.2. The van der Waals surface area contributed by atoms with Crippen LogP contribution in [0.2, 0.25) is 0 Å². The molecule has 4 rings (SSSR count). The monoisotopic (exact) mass is 456 g/mol. The minimum atomic E-state index is -0.508. The number of rotatable bonds is 5.